The van der Waals surface area contributed by atoms with Crippen molar-refractivity contribution in [2.75, 3.05) is 0 Å². The van der Waals surface area contributed by atoms with Gasteiger partial charge in [0.15, 0.2) is 5.65 Å². The molecule has 1 unspecified atom stereocenters. The summed E-state index contributed by atoms with van der Waals surface area (Å²) in [6, 6.07) is 8.91. The number of hydrogen-bond acceptors (Lipinski definition) is 3. The molecule has 18 heavy (non-hydrogen) atoms. The van der Waals surface area contributed by atoms with Gasteiger partial charge in [0.05, 0.1) is 17.6 Å². The summed E-state index contributed by atoms with van der Waals surface area (Å²) >= 11 is 0. The zero-order chi connectivity index (χ0) is 11.9. The summed E-state index contributed by atoms with van der Waals surface area (Å²) in [5, 5.41) is 5.49. The molecular formula is C14H12N4. The molecule has 0 amide bonds. The average molecular weight is 236 g/mol. The van der Waals surface area contributed by atoms with Crippen LogP contribution in [0.5, 0.6) is 0 Å². The quantitative estimate of drug-likeness (QED) is 0.651. The Labute approximate surface area is 104 Å². The molecule has 0 aliphatic heterocycles. The SMILES string of the molecule is c1ccc2c(c1)CCC2n1ncc2cncnc21. The Bertz CT molecular complexity index is 716. The number of hydrogen-bond donors (Lipinski definition) is 0. The minimum absolute atomic E-state index is 0.314. The molecule has 3 aromatic rings. The molecule has 0 bridgehead atoms. The summed E-state index contributed by atoms with van der Waals surface area (Å²) in [5.74, 6) is 0. The van der Waals surface area contributed by atoms with E-state index in [0.717, 1.165) is 23.9 Å². The van der Waals surface area contributed by atoms with Crippen molar-refractivity contribution in [1.82, 2.24) is 19.7 Å². The Hall–Kier alpha value is -2.23. The largest absolute Gasteiger partial charge is 0.244 e. The van der Waals surface area contributed by atoms with Gasteiger partial charge in [-0.25, -0.2) is 14.6 Å². The van der Waals surface area contributed by atoms with Gasteiger partial charge in [-0.3, -0.25) is 0 Å². The van der Waals surface area contributed by atoms with Crippen molar-refractivity contribution in [3.05, 3.63) is 54.1 Å². The molecule has 0 saturated heterocycles. The number of rotatable bonds is 1. The summed E-state index contributed by atoms with van der Waals surface area (Å²) in [6.45, 7) is 0. The predicted molar refractivity (Wildman–Crippen MR) is 68.2 cm³/mol. The van der Waals surface area contributed by atoms with Crippen LogP contribution in [0.1, 0.15) is 23.6 Å². The third-order valence-corrected chi connectivity index (χ3v) is 3.65. The van der Waals surface area contributed by atoms with Gasteiger partial charge in [0.2, 0.25) is 0 Å². The minimum Gasteiger partial charge on any atom is -0.244 e. The number of aryl methyl sites for hydroxylation is 1. The lowest BCUT2D eigenvalue weighted by Gasteiger charge is -2.12. The van der Waals surface area contributed by atoms with Gasteiger partial charge in [0.1, 0.15) is 6.33 Å². The van der Waals surface area contributed by atoms with Crippen LogP contribution in [0.4, 0.5) is 0 Å². The zero-order valence-electron chi connectivity index (χ0n) is 9.82. The summed E-state index contributed by atoms with van der Waals surface area (Å²) in [5.41, 5.74) is 3.73. The van der Waals surface area contributed by atoms with Gasteiger partial charge in [0.25, 0.3) is 0 Å². The van der Waals surface area contributed by atoms with Crippen LogP contribution in [0.15, 0.2) is 43.0 Å². The summed E-state index contributed by atoms with van der Waals surface area (Å²) in [7, 11) is 0. The van der Waals surface area contributed by atoms with E-state index in [0.29, 0.717) is 6.04 Å². The second-order valence-electron chi connectivity index (χ2n) is 4.64. The third-order valence-electron chi connectivity index (χ3n) is 3.65. The molecular weight excluding hydrogens is 224 g/mol. The van der Waals surface area contributed by atoms with E-state index in [1.165, 1.54) is 11.1 Å². The molecule has 4 rings (SSSR count). The molecule has 0 spiro atoms. The Morgan fingerprint density at radius 1 is 1.17 bits per heavy atom. The van der Waals surface area contributed by atoms with E-state index < -0.39 is 0 Å². The van der Waals surface area contributed by atoms with Crippen LogP contribution < -0.4 is 0 Å². The Balaban J connectivity index is 1.90. The molecule has 1 aliphatic rings. The Morgan fingerprint density at radius 2 is 2.11 bits per heavy atom. The van der Waals surface area contributed by atoms with Crippen LogP contribution in [-0.4, -0.2) is 19.7 Å². The van der Waals surface area contributed by atoms with Crippen LogP contribution in [-0.2, 0) is 6.42 Å². The van der Waals surface area contributed by atoms with E-state index in [4.69, 9.17) is 0 Å². The second-order valence-corrected chi connectivity index (χ2v) is 4.64. The van der Waals surface area contributed by atoms with Crippen molar-refractivity contribution >= 4 is 11.0 Å². The zero-order valence-corrected chi connectivity index (χ0v) is 9.82. The fourth-order valence-electron chi connectivity index (χ4n) is 2.81. The van der Waals surface area contributed by atoms with Crippen LogP contribution in [0, 0.1) is 0 Å². The molecule has 0 saturated carbocycles. The highest BCUT2D eigenvalue weighted by atomic mass is 15.3. The molecule has 2 heterocycles. The molecule has 4 nitrogen and oxygen atoms in total. The maximum absolute atomic E-state index is 4.49. The number of benzene rings is 1. The molecule has 4 heteroatoms. The van der Waals surface area contributed by atoms with Gasteiger partial charge >= 0.3 is 0 Å². The number of nitrogens with zero attached hydrogens (tertiary/aromatic N) is 4. The first kappa shape index (κ1) is 9.76. The lowest BCUT2D eigenvalue weighted by molar-refractivity contribution is 0.533. The van der Waals surface area contributed by atoms with E-state index in [2.05, 4.69) is 39.3 Å². The first-order chi connectivity index (χ1) is 8.93. The maximum Gasteiger partial charge on any atom is 0.161 e. The molecule has 0 N–H and O–H groups in total. The number of aromatic nitrogens is 4. The highest BCUT2D eigenvalue weighted by Crippen LogP contribution is 2.34. The lowest BCUT2D eigenvalue weighted by Crippen LogP contribution is -2.09. The maximum atomic E-state index is 4.49. The van der Waals surface area contributed by atoms with Gasteiger partial charge in [-0.2, -0.15) is 5.10 Å². The smallest absolute Gasteiger partial charge is 0.161 e. The number of fused-ring (bicyclic) bond motifs is 2. The van der Waals surface area contributed by atoms with E-state index >= 15 is 0 Å². The monoisotopic (exact) mass is 236 g/mol. The van der Waals surface area contributed by atoms with Gasteiger partial charge in [-0.05, 0) is 24.0 Å². The second kappa shape index (κ2) is 3.63. The Morgan fingerprint density at radius 3 is 3.11 bits per heavy atom. The van der Waals surface area contributed by atoms with E-state index in [9.17, 15) is 0 Å². The normalized spacial score (nSPS) is 18.1. The van der Waals surface area contributed by atoms with Crippen LogP contribution in [0.2, 0.25) is 0 Å². The highest BCUT2D eigenvalue weighted by molar-refractivity contribution is 5.73. The summed E-state index contributed by atoms with van der Waals surface area (Å²) in [6.07, 6.45) is 7.46. The predicted octanol–water partition coefficient (Wildman–Crippen LogP) is 2.36. The van der Waals surface area contributed by atoms with E-state index in [1.807, 2.05) is 17.1 Å². The molecule has 0 radical (unpaired) electrons. The molecule has 2 aromatic heterocycles. The van der Waals surface area contributed by atoms with E-state index in [-0.39, 0.29) is 0 Å². The molecule has 1 aromatic carbocycles. The standard InChI is InChI=1S/C14H12N4/c1-2-4-12-10(3-1)5-6-13(12)18-14-11(8-17-18)7-15-9-16-14/h1-4,7-9,13H,5-6H2. The molecule has 1 atom stereocenters. The van der Waals surface area contributed by atoms with E-state index in [1.54, 1.807) is 6.33 Å². The van der Waals surface area contributed by atoms with Crippen LogP contribution >= 0.6 is 0 Å². The van der Waals surface area contributed by atoms with Crippen LogP contribution in [0.3, 0.4) is 0 Å². The fourth-order valence-corrected chi connectivity index (χ4v) is 2.81. The van der Waals surface area contributed by atoms with Crippen molar-refractivity contribution < 1.29 is 0 Å². The average Bonchev–Trinajstić information content (AvgIpc) is 3.01. The first-order valence-electron chi connectivity index (χ1n) is 6.14. The fraction of sp³-hybridized carbons (Fsp3) is 0.214. The van der Waals surface area contributed by atoms with Gasteiger partial charge in [0, 0.05) is 6.20 Å². The van der Waals surface area contributed by atoms with Crippen molar-refractivity contribution in [2.45, 2.75) is 18.9 Å². The topological polar surface area (TPSA) is 43.6 Å². The van der Waals surface area contributed by atoms with Gasteiger partial charge in [-0.15, -0.1) is 0 Å². The molecule has 0 fully saturated rings. The Kier molecular flexibility index (Phi) is 1.97. The van der Waals surface area contributed by atoms with Gasteiger partial charge in [-0.1, -0.05) is 24.3 Å². The lowest BCUT2D eigenvalue weighted by atomic mass is 10.1. The van der Waals surface area contributed by atoms with Gasteiger partial charge < -0.3 is 0 Å². The van der Waals surface area contributed by atoms with Crippen molar-refractivity contribution in [3.8, 4) is 0 Å². The van der Waals surface area contributed by atoms with Crippen molar-refractivity contribution in [3.63, 3.8) is 0 Å². The van der Waals surface area contributed by atoms with Crippen molar-refractivity contribution in [1.29, 1.82) is 0 Å². The van der Waals surface area contributed by atoms with Crippen LogP contribution in [0.25, 0.3) is 11.0 Å². The molecule has 88 valence electrons. The summed E-state index contributed by atoms with van der Waals surface area (Å²) < 4.78 is 2.03. The minimum atomic E-state index is 0.314. The third kappa shape index (κ3) is 1.29. The summed E-state index contributed by atoms with van der Waals surface area (Å²) in [4.78, 5) is 8.38. The molecule has 1 aliphatic carbocycles. The van der Waals surface area contributed by atoms with Crippen molar-refractivity contribution in [2.24, 2.45) is 0 Å². The first-order valence-corrected chi connectivity index (χ1v) is 6.14. The highest BCUT2D eigenvalue weighted by Gasteiger charge is 2.25.